The molecule has 25 heavy (non-hydrogen) atoms. The summed E-state index contributed by atoms with van der Waals surface area (Å²) in [7, 11) is 0. The van der Waals surface area contributed by atoms with Crippen molar-refractivity contribution in [3.63, 3.8) is 0 Å². The van der Waals surface area contributed by atoms with Gasteiger partial charge in [0, 0.05) is 43.1 Å². The maximum atomic E-state index is 13.0. The van der Waals surface area contributed by atoms with Crippen molar-refractivity contribution in [3.8, 4) is 0 Å². The van der Waals surface area contributed by atoms with Crippen molar-refractivity contribution in [2.75, 3.05) is 26.2 Å². The first-order valence-electron chi connectivity index (χ1n) is 8.46. The predicted molar refractivity (Wildman–Crippen MR) is 93.1 cm³/mol. The van der Waals surface area contributed by atoms with Crippen LogP contribution in [0.4, 0.5) is 4.39 Å². The number of nitrogens with zero attached hydrogens (tertiary/aromatic N) is 2. The number of aromatic amines is 1. The van der Waals surface area contributed by atoms with Gasteiger partial charge in [0.1, 0.15) is 5.82 Å². The second-order valence-corrected chi connectivity index (χ2v) is 6.44. The lowest BCUT2D eigenvalue weighted by atomic mass is 10.2. The second kappa shape index (κ2) is 7.09. The van der Waals surface area contributed by atoms with Gasteiger partial charge in [0.05, 0.1) is 5.56 Å². The minimum Gasteiger partial charge on any atom is -0.362 e. The van der Waals surface area contributed by atoms with E-state index in [9.17, 15) is 14.0 Å². The van der Waals surface area contributed by atoms with Crippen LogP contribution >= 0.6 is 0 Å². The largest absolute Gasteiger partial charge is 0.362 e. The molecule has 3 rings (SSSR count). The Morgan fingerprint density at radius 3 is 2.12 bits per heavy atom. The van der Waals surface area contributed by atoms with Crippen molar-refractivity contribution in [1.82, 2.24) is 14.8 Å². The van der Waals surface area contributed by atoms with E-state index in [1.54, 1.807) is 9.80 Å². The zero-order chi connectivity index (χ0) is 18.0. The summed E-state index contributed by atoms with van der Waals surface area (Å²) in [5.74, 6) is -0.484. The number of H-pyrrole nitrogens is 1. The molecule has 2 amide bonds. The standard InChI is InChI=1S/C19H22FN3O2/c1-13-12-17(14(2)21-13)19(25)23-9-3-8-22(10-11-23)18(24)15-4-6-16(20)7-5-15/h4-7,12,21H,3,8-11H2,1-2H3. The lowest BCUT2D eigenvalue weighted by Crippen LogP contribution is -2.37. The van der Waals surface area contributed by atoms with E-state index in [2.05, 4.69) is 4.98 Å². The van der Waals surface area contributed by atoms with Crippen molar-refractivity contribution in [1.29, 1.82) is 0 Å². The zero-order valence-corrected chi connectivity index (χ0v) is 14.5. The third kappa shape index (κ3) is 3.73. The topological polar surface area (TPSA) is 56.4 Å². The number of hydrogen-bond acceptors (Lipinski definition) is 2. The van der Waals surface area contributed by atoms with Crippen molar-refractivity contribution < 1.29 is 14.0 Å². The predicted octanol–water partition coefficient (Wildman–Crippen LogP) is 2.76. The summed E-state index contributed by atoms with van der Waals surface area (Å²) in [6.07, 6.45) is 0.723. The van der Waals surface area contributed by atoms with Crippen molar-refractivity contribution in [3.05, 3.63) is 58.7 Å². The fourth-order valence-electron chi connectivity index (χ4n) is 3.22. The first kappa shape index (κ1) is 17.2. The zero-order valence-electron chi connectivity index (χ0n) is 14.5. The average molecular weight is 343 g/mol. The lowest BCUT2D eigenvalue weighted by molar-refractivity contribution is 0.0718. The number of aromatic nitrogens is 1. The fraction of sp³-hybridized carbons (Fsp3) is 0.368. The van der Waals surface area contributed by atoms with Gasteiger partial charge >= 0.3 is 0 Å². The van der Waals surface area contributed by atoms with Gasteiger partial charge < -0.3 is 14.8 Å². The number of nitrogens with one attached hydrogen (secondary N) is 1. The third-order valence-electron chi connectivity index (χ3n) is 4.54. The van der Waals surface area contributed by atoms with Crippen LogP contribution in [0.1, 0.15) is 38.5 Å². The monoisotopic (exact) mass is 343 g/mol. The molecule has 2 aromatic rings. The van der Waals surface area contributed by atoms with Gasteiger partial charge in [-0.15, -0.1) is 0 Å². The van der Waals surface area contributed by atoms with Crippen LogP contribution in [0, 0.1) is 19.7 Å². The minimum atomic E-state index is -0.360. The van der Waals surface area contributed by atoms with Gasteiger partial charge in [0.2, 0.25) is 0 Å². The normalized spacial score (nSPS) is 15.2. The van der Waals surface area contributed by atoms with Gasteiger partial charge in [0.15, 0.2) is 0 Å². The summed E-state index contributed by atoms with van der Waals surface area (Å²) in [4.78, 5) is 32.0. The van der Waals surface area contributed by atoms with Crippen molar-refractivity contribution in [2.45, 2.75) is 20.3 Å². The maximum Gasteiger partial charge on any atom is 0.255 e. The summed E-state index contributed by atoms with van der Waals surface area (Å²) in [5.41, 5.74) is 2.99. The molecule has 1 fully saturated rings. The molecular weight excluding hydrogens is 321 g/mol. The number of rotatable bonds is 2. The molecule has 0 spiro atoms. The third-order valence-corrected chi connectivity index (χ3v) is 4.54. The van der Waals surface area contributed by atoms with E-state index in [-0.39, 0.29) is 17.6 Å². The van der Waals surface area contributed by atoms with Gasteiger partial charge in [-0.1, -0.05) is 0 Å². The van der Waals surface area contributed by atoms with Crippen molar-refractivity contribution in [2.24, 2.45) is 0 Å². The van der Waals surface area contributed by atoms with Gasteiger partial charge in [-0.3, -0.25) is 9.59 Å². The van der Waals surface area contributed by atoms with E-state index in [0.717, 1.165) is 17.8 Å². The highest BCUT2D eigenvalue weighted by Gasteiger charge is 2.24. The van der Waals surface area contributed by atoms with Crippen LogP contribution < -0.4 is 0 Å². The van der Waals surface area contributed by atoms with E-state index in [4.69, 9.17) is 0 Å². The molecule has 1 aromatic carbocycles. The molecule has 1 N–H and O–H groups in total. The molecule has 1 aliphatic rings. The lowest BCUT2D eigenvalue weighted by Gasteiger charge is -2.22. The summed E-state index contributed by atoms with van der Waals surface area (Å²) >= 11 is 0. The number of amides is 2. The van der Waals surface area contributed by atoms with Crippen LogP contribution in [-0.4, -0.2) is 52.8 Å². The highest BCUT2D eigenvalue weighted by atomic mass is 19.1. The van der Waals surface area contributed by atoms with E-state index in [1.807, 2.05) is 19.9 Å². The first-order valence-corrected chi connectivity index (χ1v) is 8.46. The molecule has 132 valence electrons. The SMILES string of the molecule is Cc1cc(C(=O)N2CCCN(C(=O)c3ccc(F)cc3)CC2)c(C)[nH]1. The molecule has 1 aliphatic heterocycles. The van der Waals surface area contributed by atoms with Crippen LogP contribution in [-0.2, 0) is 0 Å². The second-order valence-electron chi connectivity index (χ2n) is 6.44. The first-order chi connectivity index (χ1) is 12.0. The molecule has 5 nitrogen and oxygen atoms in total. The average Bonchev–Trinajstić information content (AvgIpc) is 2.80. The quantitative estimate of drug-likeness (QED) is 0.912. The summed E-state index contributed by atoms with van der Waals surface area (Å²) in [6.45, 7) is 6.00. The Morgan fingerprint density at radius 1 is 0.960 bits per heavy atom. The maximum absolute atomic E-state index is 13.0. The summed E-state index contributed by atoms with van der Waals surface area (Å²) < 4.78 is 13.0. The van der Waals surface area contributed by atoms with E-state index >= 15 is 0 Å². The van der Waals surface area contributed by atoms with Crippen LogP contribution in [0.3, 0.4) is 0 Å². The Bertz CT molecular complexity index is 782. The van der Waals surface area contributed by atoms with E-state index in [1.165, 1.54) is 24.3 Å². The molecule has 0 bridgehead atoms. The molecule has 0 radical (unpaired) electrons. The van der Waals surface area contributed by atoms with Gasteiger partial charge in [-0.05, 0) is 50.6 Å². The number of hydrogen-bond donors (Lipinski definition) is 1. The van der Waals surface area contributed by atoms with E-state index < -0.39 is 0 Å². The molecule has 2 heterocycles. The number of carbonyl (C=O) groups excluding carboxylic acids is 2. The Kier molecular flexibility index (Phi) is 4.88. The summed E-state index contributed by atoms with van der Waals surface area (Å²) in [6, 6.07) is 7.44. The van der Waals surface area contributed by atoms with Crippen LogP contribution in [0.15, 0.2) is 30.3 Å². The van der Waals surface area contributed by atoms with Gasteiger partial charge in [-0.2, -0.15) is 0 Å². The van der Waals surface area contributed by atoms with Gasteiger partial charge in [0.25, 0.3) is 11.8 Å². The number of carbonyl (C=O) groups is 2. The molecule has 0 aliphatic carbocycles. The molecule has 1 aromatic heterocycles. The summed E-state index contributed by atoms with van der Waals surface area (Å²) in [5, 5.41) is 0. The Labute approximate surface area is 146 Å². The smallest absolute Gasteiger partial charge is 0.255 e. The Hall–Kier alpha value is -2.63. The highest BCUT2D eigenvalue weighted by Crippen LogP contribution is 2.15. The minimum absolute atomic E-state index is 0.00192. The van der Waals surface area contributed by atoms with Crippen molar-refractivity contribution >= 4 is 11.8 Å². The molecule has 6 heteroatoms. The Balaban J connectivity index is 1.68. The fourth-order valence-corrected chi connectivity index (χ4v) is 3.22. The number of halogens is 1. The Morgan fingerprint density at radius 2 is 1.56 bits per heavy atom. The molecule has 0 saturated carbocycles. The van der Waals surface area contributed by atoms with E-state index in [0.29, 0.717) is 37.3 Å². The molecule has 1 saturated heterocycles. The van der Waals surface area contributed by atoms with Crippen LogP contribution in [0.2, 0.25) is 0 Å². The molecule has 0 atom stereocenters. The highest BCUT2D eigenvalue weighted by molar-refractivity contribution is 5.96. The molecule has 0 unspecified atom stereocenters. The van der Waals surface area contributed by atoms with Gasteiger partial charge in [-0.25, -0.2) is 4.39 Å². The molecular formula is C19H22FN3O2. The number of aryl methyl sites for hydroxylation is 2. The van der Waals surface area contributed by atoms with Crippen LogP contribution in [0.5, 0.6) is 0 Å². The van der Waals surface area contributed by atoms with Crippen LogP contribution in [0.25, 0.3) is 0 Å². The number of benzene rings is 1.